The predicted octanol–water partition coefficient (Wildman–Crippen LogP) is 7.50. The Bertz CT molecular complexity index is 1650. The molecule has 4 aromatic carbocycles. The Morgan fingerprint density at radius 2 is 1.89 bits per heavy atom. The SMILES string of the molecule is CCOc1cc(/C=C(/C#N)c2nc3ccc(F)cc3[nH]2)cc(I)c1OCc1ccc2ccccc2c1. The van der Waals surface area contributed by atoms with E-state index in [2.05, 4.69) is 69.0 Å². The van der Waals surface area contributed by atoms with Crippen molar-refractivity contribution in [2.75, 3.05) is 6.61 Å². The summed E-state index contributed by atoms with van der Waals surface area (Å²) < 4.78 is 26.5. The molecule has 0 aliphatic heterocycles. The number of aromatic nitrogens is 2. The van der Waals surface area contributed by atoms with Crippen LogP contribution in [-0.4, -0.2) is 16.6 Å². The van der Waals surface area contributed by atoms with Crippen LogP contribution in [0.3, 0.4) is 0 Å². The maximum atomic E-state index is 13.6. The molecule has 1 heterocycles. The molecule has 1 aromatic heterocycles. The van der Waals surface area contributed by atoms with Crippen LogP contribution in [-0.2, 0) is 6.61 Å². The molecule has 0 radical (unpaired) electrons. The van der Waals surface area contributed by atoms with Gasteiger partial charge in [0.2, 0.25) is 0 Å². The van der Waals surface area contributed by atoms with Crippen LogP contribution in [0.5, 0.6) is 11.5 Å². The summed E-state index contributed by atoms with van der Waals surface area (Å²) in [7, 11) is 0. The number of fused-ring (bicyclic) bond motifs is 2. The van der Waals surface area contributed by atoms with Crippen molar-refractivity contribution < 1.29 is 13.9 Å². The van der Waals surface area contributed by atoms with Gasteiger partial charge in [0.15, 0.2) is 11.5 Å². The van der Waals surface area contributed by atoms with Gasteiger partial charge in [0.1, 0.15) is 24.3 Å². The zero-order valence-corrected chi connectivity index (χ0v) is 21.5. The monoisotopic (exact) mass is 589 g/mol. The van der Waals surface area contributed by atoms with E-state index in [9.17, 15) is 9.65 Å². The molecule has 0 bridgehead atoms. The molecule has 0 saturated carbocycles. The first-order chi connectivity index (χ1) is 17.5. The number of ether oxygens (including phenoxy) is 2. The Balaban J connectivity index is 1.44. The zero-order chi connectivity index (χ0) is 25.1. The Hall–Kier alpha value is -3.90. The average Bonchev–Trinajstić information content (AvgIpc) is 3.30. The molecule has 5 aromatic rings. The number of hydrogen-bond donors (Lipinski definition) is 1. The van der Waals surface area contributed by atoms with Crippen molar-refractivity contribution in [3.05, 3.63) is 99.1 Å². The molecule has 0 amide bonds. The lowest BCUT2D eigenvalue weighted by Crippen LogP contribution is -2.02. The minimum absolute atomic E-state index is 0.328. The Labute approximate surface area is 221 Å². The quantitative estimate of drug-likeness (QED) is 0.158. The molecular formula is C29H21FIN3O2. The van der Waals surface area contributed by atoms with E-state index in [0.29, 0.717) is 47.1 Å². The smallest absolute Gasteiger partial charge is 0.175 e. The van der Waals surface area contributed by atoms with Gasteiger partial charge in [0.25, 0.3) is 0 Å². The van der Waals surface area contributed by atoms with Gasteiger partial charge in [0, 0.05) is 0 Å². The van der Waals surface area contributed by atoms with Gasteiger partial charge in [-0.05, 0) is 93.9 Å². The Kier molecular flexibility index (Phi) is 6.87. The number of nitrogens with one attached hydrogen (secondary N) is 1. The van der Waals surface area contributed by atoms with Crippen molar-refractivity contribution in [1.29, 1.82) is 5.26 Å². The molecule has 0 spiro atoms. The number of halogens is 2. The van der Waals surface area contributed by atoms with Crippen LogP contribution in [0.25, 0.3) is 33.5 Å². The maximum absolute atomic E-state index is 13.6. The molecule has 7 heteroatoms. The fourth-order valence-electron chi connectivity index (χ4n) is 3.99. The largest absolute Gasteiger partial charge is 0.490 e. The van der Waals surface area contributed by atoms with E-state index in [1.165, 1.54) is 17.5 Å². The maximum Gasteiger partial charge on any atom is 0.175 e. The summed E-state index contributed by atoms with van der Waals surface area (Å²) in [6, 6.07) is 24.7. The number of hydrogen-bond acceptors (Lipinski definition) is 4. The summed E-state index contributed by atoms with van der Waals surface area (Å²) in [5.74, 6) is 1.26. The molecule has 0 aliphatic rings. The fraction of sp³-hybridized carbons (Fsp3) is 0.103. The molecule has 1 N–H and O–H groups in total. The summed E-state index contributed by atoms with van der Waals surface area (Å²) in [6.07, 6.45) is 1.73. The highest BCUT2D eigenvalue weighted by Gasteiger charge is 2.14. The first-order valence-corrected chi connectivity index (χ1v) is 12.5. The van der Waals surface area contributed by atoms with Crippen LogP contribution in [0, 0.1) is 20.7 Å². The van der Waals surface area contributed by atoms with Crippen LogP contribution in [0.15, 0.2) is 72.8 Å². The van der Waals surface area contributed by atoms with Crippen molar-refractivity contribution in [3.63, 3.8) is 0 Å². The summed E-state index contributed by atoms with van der Waals surface area (Å²) in [4.78, 5) is 7.46. The van der Waals surface area contributed by atoms with E-state index in [0.717, 1.165) is 20.1 Å². The van der Waals surface area contributed by atoms with E-state index in [1.54, 1.807) is 12.1 Å². The van der Waals surface area contributed by atoms with E-state index < -0.39 is 0 Å². The number of nitriles is 1. The number of rotatable bonds is 7. The topological polar surface area (TPSA) is 70.9 Å². The van der Waals surface area contributed by atoms with Gasteiger partial charge in [-0.2, -0.15) is 5.26 Å². The molecule has 5 nitrogen and oxygen atoms in total. The van der Waals surface area contributed by atoms with Crippen molar-refractivity contribution in [2.24, 2.45) is 0 Å². The van der Waals surface area contributed by atoms with Gasteiger partial charge >= 0.3 is 0 Å². The lowest BCUT2D eigenvalue weighted by atomic mass is 10.1. The Morgan fingerprint density at radius 3 is 2.69 bits per heavy atom. The lowest BCUT2D eigenvalue weighted by Gasteiger charge is -2.15. The fourth-order valence-corrected chi connectivity index (χ4v) is 4.77. The van der Waals surface area contributed by atoms with E-state index in [1.807, 2.05) is 31.2 Å². The highest BCUT2D eigenvalue weighted by molar-refractivity contribution is 14.1. The number of imidazole rings is 1. The third-order valence-electron chi connectivity index (χ3n) is 5.66. The number of aromatic amines is 1. The molecule has 0 atom stereocenters. The summed E-state index contributed by atoms with van der Waals surface area (Å²) in [6.45, 7) is 2.78. The minimum atomic E-state index is -0.365. The molecule has 36 heavy (non-hydrogen) atoms. The summed E-state index contributed by atoms with van der Waals surface area (Å²) in [5, 5.41) is 12.1. The number of H-pyrrole nitrogens is 1. The van der Waals surface area contributed by atoms with E-state index >= 15 is 0 Å². The molecule has 178 valence electrons. The van der Waals surface area contributed by atoms with Gasteiger partial charge in [-0.1, -0.05) is 36.4 Å². The standard InChI is InChI=1S/C29H21FIN3O2/c1-2-35-27-14-19(12-22(16-32)29-33-25-10-9-23(30)15-26(25)34-29)13-24(31)28(27)36-17-18-7-8-20-5-3-4-6-21(20)11-18/h3-15H,2,17H2,1H3,(H,33,34)/b22-12-. The van der Waals surface area contributed by atoms with E-state index in [-0.39, 0.29) is 5.82 Å². The lowest BCUT2D eigenvalue weighted by molar-refractivity contribution is 0.267. The normalized spacial score (nSPS) is 11.6. The summed E-state index contributed by atoms with van der Waals surface area (Å²) >= 11 is 2.21. The number of benzene rings is 4. The average molecular weight is 589 g/mol. The summed E-state index contributed by atoms with van der Waals surface area (Å²) in [5.41, 5.74) is 3.28. The molecule has 0 unspecified atom stereocenters. The predicted molar refractivity (Wildman–Crippen MR) is 148 cm³/mol. The van der Waals surface area contributed by atoms with Crippen molar-refractivity contribution in [3.8, 4) is 17.6 Å². The Morgan fingerprint density at radius 1 is 1.06 bits per heavy atom. The van der Waals surface area contributed by atoms with Crippen LogP contribution in [0.2, 0.25) is 0 Å². The van der Waals surface area contributed by atoms with Crippen molar-refractivity contribution in [2.45, 2.75) is 13.5 Å². The highest BCUT2D eigenvalue weighted by Crippen LogP contribution is 2.36. The van der Waals surface area contributed by atoms with Crippen molar-refractivity contribution in [1.82, 2.24) is 9.97 Å². The third kappa shape index (κ3) is 5.04. The van der Waals surface area contributed by atoms with Gasteiger partial charge in [-0.3, -0.25) is 0 Å². The molecular weight excluding hydrogens is 568 g/mol. The van der Waals surface area contributed by atoms with Crippen LogP contribution in [0.1, 0.15) is 23.9 Å². The molecule has 5 rings (SSSR count). The van der Waals surface area contributed by atoms with Crippen molar-refractivity contribution >= 4 is 56.0 Å². The first kappa shape index (κ1) is 23.8. The zero-order valence-electron chi connectivity index (χ0n) is 19.4. The van der Waals surface area contributed by atoms with Gasteiger partial charge < -0.3 is 14.5 Å². The van der Waals surface area contributed by atoms with Crippen LogP contribution < -0.4 is 9.47 Å². The van der Waals surface area contributed by atoms with Gasteiger partial charge in [-0.25, -0.2) is 9.37 Å². The van der Waals surface area contributed by atoms with Crippen LogP contribution in [0.4, 0.5) is 4.39 Å². The van der Waals surface area contributed by atoms with Gasteiger partial charge in [-0.15, -0.1) is 0 Å². The minimum Gasteiger partial charge on any atom is -0.490 e. The number of nitrogens with zero attached hydrogens (tertiary/aromatic N) is 2. The second-order valence-electron chi connectivity index (χ2n) is 8.15. The third-order valence-corrected chi connectivity index (χ3v) is 6.46. The van der Waals surface area contributed by atoms with Crippen LogP contribution >= 0.6 is 22.6 Å². The van der Waals surface area contributed by atoms with Gasteiger partial charge in [0.05, 0.1) is 26.8 Å². The highest BCUT2D eigenvalue weighted by atomic mass is 127. The second kappa shape index (κ2) is 10.4. The molecule has 0 fully saturated rings. The van der Waals surface area contributed by atoms with E-state index in [4.69, 9.17) is 9.47 Å². The number of allylic oxidation sites excluding steroid dienone is 1. The molecule has 0 aliphatic carbocycles. The first-order valence-electron chi connectivity index (χ1n) is 11.4. The molecule has 0 saturated heterocycles. The second-order valence-corrected chi connectivity index (χ2v) is 9.31.